The van der Waals surface area contributed by atoms with E-state index in [1.165, 1.54) is 18.3 Å². The first-order valence-corrected chi connectivity index (χ1v) is 11.2. The van der Waals surface area contributed by atoms with Gasteiger partial charge in [-0.25, -0.2) is 8.42 Å². The summed E-state index contributed by atoms with van der Waals surface area (Å²) in [7, 11) is -3.78. The molecule has 0 saturated heterocycles. The van der Waals surface area contributed by atoms with Crippen LogP contribution in [0.15, 0.2) is 78.0 Å². The molecule has 1 aromatic heterocycles. The van der Waals surface area contributed by atoms with E-state index in [1.807, 2.05) is 19.9 Å². The van der Waals surface area contributed by atoms with Gasteiger partial charge in [-0.3, -0.25) is 9.78 Å². The van der Waals surface area contributed by atoms with Crippen LogP contribution < -0.4 is 10.1 Å². The first kappa shape index (κ1) is 21.5. The van der Waals surface area contributed by atoms with Gasteiger partial charge in [0.1, 0.15) is 11.0 Å². The minimum atomic E-state index is -3.78. The predicted molar refractivity (Wildman–Crippen MR) is 115 cm³/mol. The summed E-state index contributed by atoms with van der Waals surface area (Å²) in [6, 6.07) is 16.8. The molecule has 0 radical (unpaired) electrons. The van der Waals surface area contributed by atoms with E-state index in [0.29, 0.717) is 23.5 Å². The first-order valence-electron chi connectivity index (χ1n) is 9.63. The fourth-order valence-electron chi connectivity index (χ4n) is 3.10. The number of carbonyl (C=O) groups is 1. The number of hydrogen-bond acceptors (Lipinski definition) is 5. The third kappa shape index (κ3) is 5.04. The topological polar surface area (TPSA) is 85.4 Å². The van der Waals surface area contributed by atoms with E-state index in [4.69, 9.17) is 4.74 Å². The number of hydrogen-bond donors (Lipinski definition) is 1. The average Bonchev–Trinajstić information content (AvgIpc) is 2.75. The summed E-state index contributed by atoms with van der Waals surface area (Å²) >= 11 is 0. The summed E-state index contributed by atoms with van der Waals surface area (Å²) < 4.78 is 32.2. The van der Waals surface area contributed by atoms with E-state index in [2.05, 4.69) is 10.3 Å². The van der Waals surface area contributed by atoms with Crippen LogP contribution >= 0.6 is 0 Å². The Hall–Kier alpha value is -3.19. The van der Waals surface area contributed by atoms with E-state index >= 15 is 0 Å². The highest BCUT2D eigenvalue weighted by Crippen LogP contribution is 2.29. The number of pyridine rings is 1. The summed E-state index contributed by atoms with van der Waals surface area (Å²) in [4.78, 5) is 16.8. The number of benzene rings is 2. The summed E-state index contributed by atoms with van der Waals surface area (Å²) in [6.07, 6.45) is 3.09. The smallest absolute Gasteiger partial charge is 0.251 e. The Morgan fingerprint density at radius 1 is 1.10 bits per heavy atom. The van der Waals surface area contributed by atoms with Crippen molar-refractivity contribution in [1.29, 1.82) is 0 Å². The van der Waals surface area contributed by atoms with Crippen LogP contribution in [0.1, 0.15) is 33.7 Å². The van der Waals surface area contributed by atoms with E-state index < -0.39 is 15.1 Å². The molecule has 3 aromatic rings. The van der Waals surface area contributed by atoms with E-state index in [1.54, 1.807) is 48.7 Å². The molecule has 0 bridgehead atoms. The first-order chi connectivity index (χ1) is 14.4. The van der Waals surface area contributed by atoms with E-state index in [-0.39, 0.29) is 17.3 Å². The summed E-state index contributed by atoms with van der Waals surface area (Å²) in [6.45, 7) is 4.18. The normalized spacial score (nSPS) is 12.2. The number of nitrogens with zero attached hydrogens (tertiary/aromatic N) is 1. The quantitative estimate of drug-likeness (QED) is 0.595. The number of amides is 1. The van der Waals surface area contributed by atoms with Crippen LogP contribution in [0.3, 0.4) is 0 Å². The molecule has 0 spiro atoms. The number of rotatable bonds is 8. The molecule has 6 nitrogen and oxygen atoms in total. The van der Waals surface area contributed by atoms with Gasteiger partial charge in [0.05, 0.1) is 11.5 Å². The van der Waals surface area contributed by atoms with Gasteiger partial charge < -0.3 is 10.1 Å². The Labute approximate surface area is 176 Å². The van der Waals surface area contributed by atoms with Gasteiger partial charge in [-0.15, -0.1) is 0 Å². The Morgan fingerprint density at radius 3 is 2.50 bits per heavy atom. The van der Waals surface area contributed by atoms with Gasteiger partial charge in [0.15, 0.2) is 9.84 Å². The lowest BCUT2D eigenvalue weighted by molar-refractivity contribution is 0.0953. The third-order valence-corrected chi connectivity index (χ3v) is 6.74. The summed E-state index contributed by atoms with van der Waals surface area (Å²) in [5.74, 6) is 0.275. The molecule has 156 valence electrons. The van der Waals surface area contributed by atoms with Gasteiger partial charge in [0, 0.05) is 24.5 Å². The van der Waals surface area contributed by atoms with E-state index in [9.17, 15) is 13.2 Å². The Kier molecular flexibility index (Phi) is 6.84. The van der Waals surface area contributed by atoms with Gasteiger partial charge in [-0.1, -0.05) is 23.8 Å². The highest BCUT2D eigenvalue weighted by Gasteiger charge is 2.30. The van der Waals surface area contributed by atoms with Crippen molar-refractivity contribution in [3.8, 4) is 5.75 Å². The molecule has 30 heavy (non-hydrogen) atoms. The minimum Gasteiger partial charge on any atom is -0.494 e. The van der Waals surface area contributed by atoms with Crippen LogP contribution in [0.2, 0.25) is 0 Å². The van der Waals surface area contributed by atoms with Crippen LogP contribution in [0.25, 0.3) is 0 Å². The van der Waals surface area contributed by atoms with Crippen molar-refractivity contribution in [1.82, 2.24) is 10.3 Å². The summed E-state index contributed by atoms with van der Waals surface area (Å²) in [5.41, 5.74) is 1.95. The molecule has 0 saturated carbocycles. The molecule has 0 aliphatic heterocycles. The highest BCUT2D eigenvalue weighted by atomic mass is 32.2. The van der Waals surface area contributed by atoms with Gasteiger partial charge in [0.2, 0.25) is 0 Å². The number of sulfone groups is 1. The molecule has 0 fully saturated rings. The monoisotopic (exact) mass is 424 g/mol. The van der Waals surface area contributed by atoms with Crippen LogP contribution in [-0.4, -0.2) is 32.5 Å². The van der Waals surface area contributed by atoms with Crippen molar-refractivity contribution in [2.75, 3.05) is 13.2 Å². The van der Waals surface area contributed by atoms with Crippen LogP contribution in [0.4, 0.5) is 0 Å². The molecule has 1 atom stereocenters. The van der Waals surface area contributed by atoms with Crippen molar-refractivity contribution in [2.45, 2.75) is 24.0 Å². The zero-order chi connectivity index (χ0) is 21.6. The molecular weight excluding hydrogens is 400 g/mol. The van der Waals surface area contributed by atoms with E-state index in [0.717, 1.165) is 5.56 Å². The SMILES string of the molecule is CCOc1ccc(S(=O)(=O)C(CNC(=O)c2cccc(C)c2)c2cccnc2)cc1. The van der Waals surface area contributed by atoms with Gasteiger partial charge >= 0.3 is 0 Å². The fourth-order valence-corrected chi connectivity index (χ4v) is 4.75. The average molecular weight is 425 g/mol. The second-order valence-corrected chi connectivity index (χ2v) is 8.93. The maximum Gasteiger partial charge on any atom is 0.251 e. The fraction of sp³-hybridized carbons (Fsp3) is 0.217. The molecule has 7 heteroatoms. The van der Waals surface area contributed by atoms with Gasteiger partial charge in [-0.05, 0) is 61.9 Å². The molecule has 0 aliphatic rings. The van der Waals surface area contributed by atoms with Gasteiger partial charge in [0.25, 0.3) is 5.91 Å². The van der Waals surface area contributed by atoms with Gasteiger partial charge in [-0.2, -0.15) is 0 Å². The summed E-state index contributed by atoms with van der Waals surface area (Å²) in [5, 5.41) is 1.79. The van der Waals surface area contributed by atoms with Crippen molar-refractivity contribution in [3.05, 3.63) is 89.7 Å². The largest absolute Gasteiger partial charge is 0.494 e. The molecule has 1 N–H and O–H groups in total. The lowest BCUT2D eigenvalue weighted by atomic mass is 10.1. The molecular formula is C23H24N2O4S. The highest BCUT2D eigenvalue weighted by molar-refractivity contribution is 7.91. The second-order valence-electron chi connectivity index (χ2n) is 6.80. The zero-order valence-electron chi connectivity index (χ0n) is 16.9. The lowest BCUT2D eigenvalue weighted by Crippen LogP contribution is -2.32. The molecule has 1 unspecified atom stereocenters. The van der Waals surface area contributed by atoms with Crippen molar-refractivity contribution >= 4 is 15.7 Å². The van der Waals surface area contributed by atoms with Crippen LogP contribution in [-0.2, 0) is 9.84 Å². The molecule has 0 aliphatic carbocycles. The van der Waals surface area contributed by atoms with Crippen molar-refractivity contribution in [2.24, 2.45) is 0 Å². The maximum atomic E-state index is 13.4. The van der Waals surface area contributed by atoms with Crippen molar-refractivity contribution < 1.29 is 17.9 Å². The third-order valence-electron chi connectivity index (χ3n) is 4.62. The Bertz CT molecular complexity index is 1100. The number of ether oxygens (including phenoxy) is 1. The molecule has 3 rings (SSSR count). The van der Waals surface area contributed by atoms with Crippen LogP contribution in [0, 0.1) is 6.92 Å². The maximum absolute atomic E-state index is 13.4. The zero-order valence-corrected chi connectivity index (χ0v) is 17.7. The number of nitrogens with one attached hydrogen (secondary N) is 1. The second kappa shape index (κ2) is 9.54. The molecule has 2 aromatic carbocycles. The van der Waals surface area contributed by atoms with Crippen molar-refractivity contribution in [3.63, 3.8) is 0 Å². The number of carbonyl (C=O) groups excluding carboxylic acids is 1. The number of aryl methyl sites for hydroxylation is 1. The molecule has 1 amide bonds. The Morgan fingerprint density at radius 2 is 1.87 bits per heavy atom. The number of aromatic nitrogens is 1. The van der Waals surface area contributed by atoms with Crippen LogP contribution in [0.5, 0.6) is 5.75 Å². The standard InChI is InChI=1S/C23H24N2O4S/c1-3-29-20-9-11-21(12-10-20)30(27,28)22(19-8-5-13-24-15-19)16-25-23(26)18-7-4-6-17(2)14-18/h4-15,22H,3,16H2,1-2H3,(H,25,26). The lowest BCUT2D eigenvalue weighted by Gasteiger charge is -2.19. The predicted octanol–water partition coefficient (Wildman–Crippen LogP) is 3.73. The molecule has 1 heterocycles. The Balaban J connectivity index is 1.88. The minimum absolute atomic E-state index is 0.0754.